The first-order chi connectivity index (χ1) is 12.3. The van der Waals surface area contributed by atoms with Gasteiger partial charge in [-0.05, 0) is 30.3 Å². The lowest BCUT2D eigenvalue weighted by atomic mass is 10.1. The zero-order chi connectivity index (χ0) is 18.9. The highest BCUT2D eigenvalue weighted by atomic mass is 19.4. The number of carbonyl (C=O) groups is 2. The first kappa shape index (κ1) is 17.9. The smallest absolute Gasteiger partial charge is 0.435 e. The van der Waals surface area contributed by atoms with Crippen molar-refractivity contribution in [2.45, 2.75) is 12.3 Å². The highest BCUT2D eigenvalue weighted by molar-refractivity contribution is 5.94. The van der Waals surface area contributed by atoms with E-state index in [9.17, 15) is 22.8 Å². The topological polar surface area (TPSA) is 84.7 Å². The number of halogens is 3. The first-order valence-corrected chi connectivity index (χ1v) is 7.62. The number of amides is 1. The van der Waals surface area contributed by atoms with Crippen molar-refractivity contribution in [3.05, 3.63) is 47.8 Å². The number of ether oxygens (including phenoxy) is 1. The molecule has 0 unspecified atom stereocenters. The van der Waals surface area contributed by atoms with E-state index >= 15 is 0 Å². The van der Waals surface area contributed by atoms with Crippen LogP contribution in [0.2, 0.25) is 0 Å². The van der Waals surface area contributed by atoms with Crippen molar-refractivity contribution in [3.8, 4) is 5.69 Å². The molecule has 3 rings (SSSR count). The van der Waals surface area contributed by atoms with Crippen molar-refractivity contribution in [1.82, 2.24) is 14.7 Å². The Morgan fingerprint density at radius 3 is 2.46 bits per heavy atom. The largest absolute Gasteiger partial charge is 0.479 e. The molecule has 0 aliphatic carbocycles. The number of carboxylic acids is 1. The van der Waals surface area contributed by atoms with Gasteiger partial charge in [0.25, 0.3) is 5.91 Å². The summed E-state index contributed by atoms with van der Waals surface area (Å²) in [6.07, 6.45) is -4.42. The van der Waals surface area contributed by atoms with Gasteiger partial charge in [-0.25, -0.2) is 9.48 Å². The molecule has 0 bridgehead atoms. The van der Waals surface area contributed by atoms with E-state index in [2.05, 4.69) is 5.10 Å². The minimum Gasteiger partial charge on any atom is -0.479 e. The van der Waals surface area contributed by atoms with Gasteiger partial charge in [0.05, 0.1) is 18.8 Å². The molecule has 0 saturated carbocycles. The summed E-state index contributed by atoms with van der Waals surface area (Å²) in [7, 11) is 0. The lowest BCUT2D eigenvalue weighted by Gasteiger charge is -2.30. The molecule has 2 aromatic rings. The number of carbonyl (C=O) groups excluding carboxylic acids is 1. The number of hydrogen-bond donors (Lipinski definition) is 1. The molecular formula is C16H14F3N3O4. The van der Waals surface area contributed by atoms with Crippen LogP contribution < -0.4 is 0 Å². The van der Waals surface area contributed by atoms with Crippen LogP contribution in [0.15, 0.2) is 36.5 Å². The minimum atomic E-state index is -4.53. The quantitative estimate of drug-likeness (QED) is 0.892. The first-order valence-electron chi connectivity index (χ1n) is 7.62. The van der Waals surface area contributed by atoms with Crippen LogP contribution in [0.5, 0.6) is 0 Å². The highest BCUT2D eigenvalue weighted by Gasteiger charge is 2.33. The Hall–Kier alpha value is -2.88. The lowest BCUT2D eigenvalue weighted by molar-refractivity contribution is -0.154. The third-order valence-corrected chi connectivity index (χ3v) is 3.89. The van der Waals surface area contributed by atoms with Crippen LogP contribution in [0.25, 0.3) is 5.69 Å². The summed E-state index contributed by atoms with van der Waals surface area (Å²) in [5.74, 6) is -1.51. The fourth-order valence-corrected chi connectivity index (χ4v) is 2.54. The number of benzene rings is 1. The normalized spacial score (nSPS) is 18.0. The number of alkyl halides is 3. The van der Waals surface area contributed by atoms with Gasteiger partial charge in [0.15, 0.2) is 11.8 Å². The van der Waals surface area contributed by atoms with Gasteiger partial charge >= 0.3 is 12.1 Å². The van der Waals surface area contributed by atoms with Crippen LogP contribution in [0, 0.1) is 0 Å². The lowest BCUT2D eigenvalue weighted by Crippen LogP contribution is -2.48. The molecule has 7 nitrogen and oxygen atoms in total. The summed E-state index contributed by atoms with van der Waals surface area (Å²) in [6, 6.07) is 6.71. The van der Waals surface area contributed by atoms with Crippen molar-refractivity contribution < 1.29 is 32.6 Å². The van der Waals surface area contributed by atoms with E-state index < -0.39 is 23.9 Å². The Morgan fingerprint density at radius 2 is 1.88 bits per heavy atom. The summed E-state index contributed by atoms with van der Waals surface area (Å²) >= 11 is 0. The molecule has 10 heteroatoms. The fraction of sp³-hybridized carbons (Fsp3) is 0.312. The molecule has 2 heterocycles. The average molecular weight is 369 g/mol. The number of aromatic nitrogens is 2. The van der Waals surface area contributed by atoms with E-state index in [0.717, 1.165) is 10.7 Å². The zero-order valence-electron chi connectivity index (χ0n) is 13.3. The molecule has 1 aromatic carbocycles. The van der Waals surface area contributed by atoms with Crippen LogP contribution in [-0.4, -0.2) is 57.5 Å². The maximum Gasteiger partial charge on any atom is 0.435 e. The van der Waals surface area contributed by atoms with Gasteiger partial charge in [0.1, 0.15) is 0 Å². The van der Waals surface area contributed by atoms with Gasteiger partial charge in [0.2, 0.25) is 0 Å². The summed E-state index contributed by atoms with van der Waals surface area (Å²) < 4.78 is 43.9. The molecule has 1 aliphatic heterocycles. The van der Waals surface area contributed by atoms with Crippen LogP contribution in [0.4, 0.5) is 13.2 Å². The Kier molecular flexibility index (Phi) is 4.68. The average Bonchev–Trinajstić information content (AvgIpc) is 3.12. The second-order valence-electron chi connectivity index (χ2n) is 5.64. The maximum absolute atomic E-state index is 12.6. The van der Waals surface area contributed by atoms with Crippen molar-refractivity contribution in [3.63, 3.8) is 0 Å². The van der Waals surface area contributed by atoms with Crippen LogP contribution in [0.1, 0.15) is 16.1 Å². The molecule has 138 valence electrons. The second kappa shape index (κ2) is 6.79. The molecular weight excluding hydrogens is 355 g/mol. The van der Waals surface area contributed by atoms with E-state index in [1.54, 1.807) is 0 Å². The van der Waals surface area contributed by atoms with Crippen LogP contribution in [-0.2, 0) is 15.7 Å². The Bertz CT molecular complexity index is 817. The van der Waals surface area contributed by atoms with Crippen LogP contribution >= 0.6 is 0 Å². The van der Waals surface area contributed by atoms with Gasteiger partial charge in [-0.15, -0.1) is 0 Å². The monoisotopic (exact) mass is 369 g/mol. The van der Waals surface area contributed by atoms with Crippen molar-refractivity contribution >= 4 is 11.9 Å². The summed E-state index contributed by atoms with van der Waals surface area (Å²) in [5.41, 5.74) is -0.351. The molecule has 1 saturated heterocycles. The number of nitrogens with zero attached hydrogens (tertiary/aromatic N) is 3. The Morgan fingerprint density at radius 1 is 1.19 bits per heavy atom. The molecule has 1 N–H and O–H groups in total. The predicted molar refractivity (Wildman–Crippen MR) is 81.8 cm³/mol. The van der Waals surface area contributed by atoms with Crippen LogP contribution in [0.3, 0.4) is 0 Å². The van der Waals surface area contributed by atoms with Gasteiger partial charge in [-0.1, -0.05) is 0 Å². The summed E-state index contributed by atoms with van der Waals surface area (Å²) in [6.45, 7) is 0.316. The molecule has 1 amide bonds. The van der Waals surface area contributed by atoms with E-state index in [0.29, 0.717) is 11.3 Å². The van der Waals surface area contributed by atoms with Crippen molar-refractivity contribution in [2.75, 3.05) is 19.7 Å². The predicted octanol–water partition coefficient (Wildman–Crippen LogP) is 1.82. The van der Waals surface area contributed by atoms with Gasteiger partial charge in [0, 0.05) is 18.3 Å². The molecule has 1 fully saturated rings. The third-order valence-electron chi connectivity index (χ3n) is 3.89. The third kappa shape index (κ3) is 3.69. The van der Waals surface area contributed by atoms with E-state index in [4.69, 9.17) is 9.84 Å². The molecule has 1 atom stereocenters. The number of aliphatic carboxylic acids is 1. The molecule has 1 aromatic heterocycles. The number of morpholine rings is 1. The number of carboxylic acid groups (broad SMARTS) is 1. The maximum atomic E-state index is 12.6. The number of hydrogen-bond acceptors (Lipinski definition) is 4. The van der Waals surface area contributed by atoms with Gasteiger partial charge < -0.3 is 14.7 Å². The molecule has 26 heavy (non-hydrogen) atoms. The fourth-order valence-electron chi connectivity index (χ4n) is 2.54. The highest BCUT2D eigenvalue weighted by Crippen LogP contribution is 2.27. The van der Waals surface area contributed by atoms with E-state index in [1.165, 1.54) is 35.4 Å². The molecule has 0 spiro atoms. The second-order valence-corrected chi connectivity index (χ2v) is 5.64. The molecule has 1 aliphatic rings. The van der Waals surface area contributed by atoms with Gasteiger partial charge in [-0.3, -0.25) is 4.79 Å². The van der Waals surface area contributed by atoms with Crippen molar-refractivity contribution in [2.24, 2.45) is 0 Å². The zero-order valence-corrected chi connectivity index (χ0v) is 13.3. The summed E-state index contributed by atoms with van der Waals surface area (Å²) in [5, 5.41) is 12.4. The minimum absolute atomic E-state index is 0.0655. The van der Waals surface area contributed by atoms with E-state index in [1.807, 2.05) is 0 Å². The Balaban J connectivity index is 1.74. The number of rotatable bonds is 3. The summed E-state index contributed by atoms with van der Waals surface area (Å²) in [4.78, 5) is 24.8. The molecule has 0 radical (unpaired) electrons. The van der Waals surface area contributed by atoms with E-state index in [-0.39, 0.29) is 25.6 Å². The van der Waals surface area contributed by atoms with Gasteiger partial charge in [-0.2, -0.15) is 18.3 Å². The SMILES string of the molecule is O=C(O)[C@@H]1CN(C(=O)c2ccc(-n3ccc(C(F)(F)F)n3)cc2)CCO1. The van der Waals surface area contributed by atoms with Crippen molar-refractivity contribution in [1.29, 1.82) is 0 Å². The standard InChI is InChI=1S/C16H14F3N3O4/c17-16(18,19)13-5-6-22(20-13)11-3-1-10(2-4-11)14(23)21-7-8-26-12(9-21)15(24)25/h1-6,12H,7-9H2,(H,24,25)/t12-/m0/s1. The Labute approximate surface area is 145 Å².